The van der Waals surface area contributed by atoms with E-state index in [-0.39, 0.29) is 10.8 Å². The molecule has 0 radical (unpaired) electrons. The van der Waals surface area contributed by atoms with Crippen LogP contribution in [0.15, 0.2) is 40.3 Å². The van der Waals surface area contributed by atoms with E-state index in [0.29, 0.717) is 0 Å². The van der Waals surface area contributed by atoms with Gasteiger partial charge in [0.05, 0.1) is 5.38 Å². The maximum Gasteiger partial charge on any atom is 0.272 e. The van der Waals surface area contributed by atoms with Gasteiger partial charge in [-0.15, -0.1) is 0 Å². The molecule has 0 aliphatic heterocycles. The van der Waals surface area contributed by atoms with Crippen LogP contribution in [0.1, 0.15) is 57.2 Å². The van der Waals surface area contributed by atoms with E-state index >= 15 is 0 Å². The predicted molar refractivity (Wildman–Crippen MR) is 118 cm³/mol. The third-order valence-electron chi connectivity index (χ3n) is 6.80. The highest BCUT2D eigenvalue weighted by Gasteiger charge is 2.42. The van der Waals surface area contributed by atoms with E-state index in [1.165, 1.54) is 50.9 Å². The highest BCUT2D eigenvalue weighted by Crippen LogP contribution is 2.54. The van der Waals surface area contributed by atoms with Crippen molar-refractivity contribution in [1.29, 1.82) is 0 Å². The van der Waals surface area contributed by atoms with E-state index in [1.807, 2.05) is 0 Å². The lowest BCUT2D eigenvalue weighted by molar-refractivity contribution is -0.655. The van der Waals surface area contributed by atoms with Gasteiger partial charge in [0, 0.05) is 10.8 Å². The molecule has 2 aromatic carbocycles. The maximum atomic E-state index is 6.56. The number of furan rings is 1. The molecule has 0 N–H and O–H groups in total. The van der Waals surface area contributed by atoms with Crippen LogP contribution in [-0.2, 0) is 17.9 Å². The number of aromatic nitrogens is 1. The van der Waals surface area contributed by atoms with Crippen LogP contribution >= 0.6 is 11.3 Å². The summed E-state index contributed by atoms with van der Waals surface area (Å²) in [4.78, 5) is 0. The van der Waals surface area contributed by atoms with E-state index in [9.17, 15) is 0 Å². The van der Waals surface area contributed by atoms with Gasteiger partial charge in [-0.3, -0.25) is 0 Å². The van der Waals surface area contributed by atoms with Crippen LogP contribution < -0.4 is 4.57 Å². The van der Waals surface area contributed by atoms with Crippen molar-refractivity contribution >= 4 is 33.3 Å². The molecular formula is C25H28NOS+. The summed E-state index contributed by atoms with van der Waals surface area (Å²) in [6, 6.07) is 8.54. The fourth-order valence-corrected chi connectivity index (χ4v) is 6.27. The molecule has 28 heavy (non-hydrogen) atoms. The Bertz CT molecular complexity index is 1240. The monoisotopic (exact) mass is 390 g/mol. The second-order valence-corrected chi connectivity index (χ2v) is 10.5. The van der Waals surface area contributed by atoms with Crippen molar-refractivity contribution in [3.63, 3.8) is 0 Å². The smallest absolute Gasteiger partial charge is 0.272 e. The minimum absolute atomic E-state index is 0.136. The summed E-state index contributed by atoms with van der Waals surface area (Å²) in [5.74, 6) is 0. The summed E-state index contributed by atoms with van der Waals surface area (Å²) in [7, 11) is 2.13. The number of fused-ring (bicyclic) bond motifs is 5. The van der Waals surface area contributed by atoms with Gasteiger partial charge in [0.2, 0.25) is 0 Å². The van der Waals surface area contributed by atoms with E-state index in [2.05, 4.69) is 82.1 Å². The lowest BCUT2D eigenvalue weighted by atomic mass is 9.60. The van der Waals surface area contributed by atoms with Crippen molar-refractivity contribution in [3.05, 3.63) is 52.5 Å². The van der Waals surface area contributed by atoms with Gasteiger partial charge in [0.15, 0.2) is 11.8 Å². The first-order valence-electron chi connectivity index (χ1n) is 10.1. The molecule has 0 bridgehead atoms. The topological polar surface area (TPSA) is 17.0 Å². The number of rotatable bonds is 1. The minimum Gasteiger partial charge on any atom is -0.455 e. The summed E-state index contributed by atoms with van der Waals surface area (Å²) in [6.45, 7) is 12.0. The lowest BCUT2D eigenvalue weighted by Crippen LogP contribution is -2.35. The first-order valence-corrected chi connectivity index (χ1v) is 11.0. The fourth-order valence-electron chi connectivity index (χ4n) is 5.31. The molecule has 0 fully saturated rings. The molecule has 0 saturated carbocycles. The Hall–Kier alpha value is -2.13. The normalized spacial score (nSPS) is 17.9. The van der Waals surface area contributed by atoms with E-state index in [4.69, 9.17) is 4.42 Å². The molecule has 0 spiro atoms. The van der Waals surface area contributed by atoms with Gasteiger partial charge in [-0.1, -0.05) is 57.2 Å². The van der Waals surface area contributed by atoms with Crippen molar-refractivity contribution in [2.45, 2.75) is 58.3 Å². The van der Waals surface area contributed by atoms with Gasteiger partial charge in [-0.2, -0.15) is 4.57 Å². The van der Waals surface area contributed by atoms with Gasteiger partial charge in [-0.05, 0) is 53.4 Å². The molecule has 2 aromatic heterocycles. The number of para-hydroxylation sites is 1. The number of benzene rings is 2. The van der Waals surface area contributed by atoms with Crippen molar-refractivity contribution in [1.82, 2.24) is 0 Å². The summed E-state index contributed by atoms with van der Waals surface area (Å²) in [5.41, 5.74) is 8.04. The minimum atomic E-state index is 0.136. The summed E-state index contributed by atoms with van der Waals surface area (Å²) < 4.78 is 8.79. The van der Waals surface area contributed by atoms with Gasteiger partial charge >= 0.3 is 0 Å². The molecule has 0 atom stereocenters. The Morgan fingerprint density at radius 1 is 1.00 bits per heavy atom. The second-order valence-electron chi connectivity index (χ2n) is 9.64. The Balaban J connectivity index is 2.09. The Morgan fingerprint density at radius 2 is 1.68 bits per heavy atom. The molecule has 2 heterocycles. The molecule has 4 aromatic rings. The van der Waals surface area contributed by atoms with Crippen molar-refractivity contribution in [3.8, 4) is 10.6 Å². The standard InChI is InChI=1S/C25H28NOS/c1-15-18(23-26(6)13-14-28-23)22-19(16-9-7-8-10-17(16)27-22)21-20(15)24(2,3)11-12-25(21,4)5/h7-10,13-14H,11-12H2,1-6H3/q+1. The molecule has 144 valence electrons. The zero-order valence-corrected chi connectivity index (χ0v) is 18.5. The van der Waals surface area contributed by atoms with Crippen molar-refractivity contribution < 1.29 is 8.98 Å². The van der Waals surface area contributed by atoms with Crippen LogP contribution in [0.5, 0.6) is 0 Å². The highest BCUT2D eigenvalue weighted by atomic mass is 32.1. The zero-order chi connectivity index (χ0) is 19.8. The third kappa shape index (κ3) is 2.29. The van der Waals surface area contributed by atoms with Gasteiger partial charge in [0.1, 0.15) is 18.2 Å². The fraction of sp³-hybridized carbons (Fsp3) is 0.400. The van der Waals surface area contributed by atoms with Crippen LogP contribution in [0.2, 0.25) is 0 Å². The quantitative estimate of drug-likeness (QED) is 0.327. The van der Waals surface area contributed by atoms with Crippen LogP contribution in [0.3, 0.4) is 0 Å². The number of hydrogen-bond acceptors (Lipinski definition) is 2. The molecular weight excluding hydrogens is 362 g/mol. The van der Waals surface area contributed by atoms with Gasteiger partial charge in [0.25, 0.3) is 5.01 Å². The van der Waals surface area contributed by atoms with Gasteiger partial charge < -0.3 is 4.42 Å². The number of hydrogen-bond donors (Lipinski definition) is 0. The number of aryl methyl sites for hydroxylation is 1. The van der Waals surface area contributed by atoms with Gasteiger partial charge in [-0.25, -0.2) is 0 Å². The average molecular weight is 391 g/mol. The molecule has 3 heteroatoms. The Kier molecular flexibility index (Phi) is 3.65. The Labute approximate surface area is 170 Å². The first-order chi connectivity index (χ1) is 13.2. The average Bonchev–Trinajstić information content (AvgIpc) is 3.22. The molecule has 1 aliphatic carbocycles. The molecule has 1 aliphatic rings. The summed E-state index contributed by atoms with van der Waals surface area (Å²) in [5, 5.41) is 6.01. The van der Waals surface area contributed by atoms with Crippen LogP contribution in [0.4, 0.5) is 0 Å². The lowest BCUT2D eigenvalue weighted by Gasteiger charge is -2.43. The summed E-state index contributed by atoms with van der Waals surface area (Å²) in [6.07, 6.45) is 4.56. The van der Waals surface area contributed by atoms with Crippen molar-refractivity contribution in [2.24, 2.45) is 7.05 Å². The number of nitrogens with zero attached hydrogens (tertiary/aromatic N) is 1. The van der Waals surface area contributed by atoms with Crippen LogP contribution in [0, 0.1) is 6.92 Å². The summed E-state index contributed by atoms with van der Waals surface area (Å²) >= 11 is 1.80. The zero-order valence-electron chi connectivity index (χ0n) is 17.6. The molecule has 2 nitrogen and oxygen atoms in total. The SMILES string of the molecule is Cc1c2c(c3c(oc4ccccc43)c1-c1scc[n+]1C)C(C)(C)CCC2(C)C. The van der Waals surface area contributed by atoms with E-state index in [1.54, 1.807) is 11.3 Å². The molecule has 0 unspecified atom stereocenters. The van der Waals surface area contributed by atoms with E-state index in [0.717, 1.165) is 11.2 Å². The predicted octanol–water partition coefficient (Wildman–Crippen LogP) is 6.80. The van der Waals surface area contributed by atoms with Crippen LogP contribution in [-0.4, -0.2) is 0 Å². The molecule has 0 amide bonds. The Morgan fingerprint density at radius 3 is 2.36 bits per heavy atom. The van der Waals surface area contributed by atoms with Crippen molar-refractivity contribution in [2.75, 3.05) is 0 Å². The maximum absolute atomic E-state index is 6.56. The van der Waals surface area contributed by atoms with Crippen LogP contribution in [0.25, 0.3) is 32.5 Å². The molecule has 0 saturated heterocycles. The largest absolute Gasteiger partial charge is 0.455 e. The number of thiazole rings is 1. The second kappa shape index (κ2) is 5.70. The highest BCUT2D eigenvalue weighted by molar-refractivity contribution is 7.12. The third-order valence-corrected chi connectivity index (χ3v) is 7.77. The molecule has 5 rings (SSSR count). The first kappa shape index (κ1) is 17.9. The van der Waals surface area contributed by atoms with E-state index < -0.39 is 0 Å².